The van der Waals surface area contributed by atoms with E-state index in [0.29, 0.717) is 6.42 Å². The van der Waals surface area contributed by atoms with Crippen LogP contribution in [0, 0.1) is 15.9 Å². The molecule has 1 N–H and O–H groups in total. The van der Waals surface area contributed by atoms with Gasteiger partial charge in [0.15, 0.2) is 0 Å². The summed E-state index contributed by atoms with van der Waals surface area (Å²) >= 11 is 1.05. The molecule has 1 unspecified atom stereocenters. The van der Waals surface area contributed by atoms with Gasteiger partial charge in [-0.25, -0.2) is 4.39 Å². The Morgan fingerprint density at radius 3 is 2.78 bits per heavy atom. The highest BCUT2D eigenvalue weighted by Crippen LogP contribution is 2.27. The number of carboxylic acid groups (broad SMARTS) is 1. The second-order valence-electron chi connectivity index (χ2n) is 3.58. The monoisotopic (exact) mass is 273 g/mol. The average Bonchev–Trinajstić information content (AvgIpc) is 2.29. The van der Waals surface area contributed by atoms with Crippen LogP contribution in [0.15, 0.2) is 18.2 Å². The summed E-state index contributed by atoms with van der Waals surface area (Å²) in [5, 5.41) is 18.9. The number of benzene rings is 1. The Kier molecular flexibility index (Phi) is 5.08. The molecule has 0 heterocycles. The molecule has 98 valence electrons. The van der Waals surface area contributed by atoms with Gasteiger partial charge < -0.3 is 5.11 Å². The fourth-order valence-electron chi connectivity index (χ4n) is 1.40. The highest BCUT2D eigenvalue weighted by atomic mass is 32.2. The van der Waals surface area contributed by atoms with Gasteiger partial charge in [-0.3, -0.25) is 14.9 Å². The van der Waals surface area contributed by atoms with Gasteiger partial charge in [-0.15, -0.1) is 11.8 Å². The van der Waals surface area contributed by atoms with Crippen LogP contribution in [0.3, 0.4) is 0 Å². The van der Waals surface area contributed by atoms with Crippen molar-refractivity contribution in [3.8, 4) is 0 Å². The van der Waals surface area contributed by atoms with Crippen LogP contribution in [0.25, 0.3) is 0 Å². The summed E-state index contributed by atoms with van der Waals surface area (Å²) in [4.78, 5) is 20.9. The molecule has 0 aliphatic carbocycles. The van der Waals surface area contributed by atoms with E-state index in [1.54, 1.807) is 6.92 Å². The van der Waals surface area contributed by atoms with Crippen molar-refractivity contribution in [1.82, 2.24) is 0 Å². The van der Waals surface area contributed by atoms with Gasteiger partial charge in [-0.2, -0.15) is 0 Å². The number of nitro groups is 1. The zero-order valence-electron chi connectivity index (χ0n) is 9.63. The summed E-state index contributed by atoms with van der Waals surface area (Å²) in [5.74, 6) is -1.44. The van der Waals surface area contributed by atoms with E-state index in [1.807, 2.05) is 0 Å². The molecule has 0 amide bonds. The predicted molar refractivity (Wildman–Crippen MR) is 66.1 cm³/mol. The molecule has 0 spiro atoms. The van der Waals surface area contributed by atoms with E-state index in [1.165, 1.54) is 0 Å². The highest BCUT2D eigenvalue weighted by molar-refractivity contribution is 7.99. The average molecular weight is 273 g/mol. The van der Waals surface area contributed by atoms with Crippen molar-refractivity contribution in [2.45, 2.75) is 24.3 Å². The van der Waals surface area contributed by atoms with Crippen LogP contribution in [0.1, 0.15) is 18.9 Å². The molecule has 0 aliphatic heterocycles. The van der Waals surface area contributed by atoms with Crippen LogP contribution in [0.5, 0.6) is 0 Å². The van der Waals surface area contributed by atoms with E-state index in [2.05, 4.69) is 0 Å². The van der Waals surface area contributed by atoms with E-state index in [9.17, 15) is 19.3 Å². The first-order valence-electron chi connectivity index (χ1n) is 5.23. The molecule has 0 saturated carbocycles. The second-order valence-corrected chi connectivity index (χ2v) is 4.77. The van der Waals surface area contributed by atoms with Crippen LogP contribution in [-0.4, -0.2) is 21.2 Å². The lowest BCUT2D eigenvalue weighted by molar-refractivity contribution is -0.385. The molecular formula is C11H12FNO4S. The van der Waals surface area contributed by atoms with Crippen molar-refractivity contribution in [2.75, 3.05) is 0 Å². The molecule has 1 aromatic carbocycles. The summed E-state index contributed by atoms with van der Waals surface area (Å²) < 4.78 is 13.0. The summed E-state index contributed by atoms with van der Waals surface area (Å²) in [5.41, 5.74) is 0.00819. The van der Waals surface area contributed by atoms with Gasteiger partial charge >= 0.3 is 5.97 Å². The van der Waals surface area contributed by atoms with E-state index < -0.39 is 22.0 Å². The second kappa shape index (κ2) is 6.34. The molecular weight excluding hydrogens is 261 g/mol. The summed E-state index contributed by atoms with van der Waals surface area (Å²) in [7, 11) is 0. The Balaban J connectivity index is 2.86. The van der Waals surface area contributed by atoms with Crippen molar-refractivity contribution >= 4 is 23.4 Å². The molecule has 1 atom stereocenters. The third-order valence-corrected chi connectivity index (χ3v) is 3.74. The smallest absolute Gasteiger partial charge is 0.316 e. The number of hydrogen-bond acceptors (Lipinski definition) is 4. The molecule has 7 heteroatoms. The maximum absolute atomic E-state index is 13.0. The van der Waals surface area contributed by atoms with Gasteiger partial charge in [0.25, 0.3) is 5.69 Å². The molecule has 0 saturated heterocycles. The first-order chi connectivity index (χ1) is 8.45. The fraction of sp³-hybridized carbons (Fsp3) is 0.364. The summed E-state index contributed by atoms with van der Waals surface area (Å²) in [6, 6.07) is 3.17. The fourth-order valence-corrected chi connectivity index (χ4v) is 2.39. The number of hydrogen-bond donors (Lipinski definition) is 1. The SMILES string of the molecule is CCC(SCc1cc(F)ccc1[N+](=O)[O-])C(=O)O. The minimum Gasteiger partial charge on any atom is -0.480 e. The third kappa shape index (κ3) is 3.69. The zero-order valence-corrected chi connectivity index (χ0v) is 10.4. The number of nitro benzene ring substituents is 1. The van der Waals surface area contributed by atoms with Crippen molar-refractivity contribution in [2.24, 2.45) is 0 Å². The molecule has 0 radical (unpaired) electrons. The van der Waals surface area contributed by atoms with Crippen LogP contribution < -0.4 is 0 Å². The standard InChI is InChI=1S/C11H12FNO4S/c1-2-10(11(14)15)18-6-7-5-8(12)3-4-9(7)13(16)17/h3-5,10H,2,6H2,1H3,(H,14,15). The topological polar surface area (TPSA) is 80.4 Å². The highest BCUT2D eigenvalue weighted by Gasteiger charge is 2.19. The van der Waals surface area contributed by atoms with E-state index in [0.717, 1.165) is 30.0 Å². The molecule has 0 aliphatic rings. The normalized spacial score (nSPS) is 12.1. The maximum Gasteiger partial charge on any atom is 0.316 e. The lowest BCUT2D eigenvalue weighted by Crippen LogP contribution is -2.15. The van der Waals surface area contributed by atoms with Crippen molar-refractivity contribution < 1.29 is 19.2 Å². The van der Waals surface area contributed by atoms with Crippen molar-refractivity contribution in [3.63, 3.8) is 0 Å². The molecule has 0 aromatic heterocycles. The molecule has 1 aromatic rings. The van der Waals surface area contributed by atoms with Gasteiger partial charge in [0.1, 0.15) is 11.1 Å². The van der Waals surface area contributed by atoms with Gasteiger partial charge in [0, 0.05) is 17.4 Å². The minimum atomic E-state index is -0.971. The quantitative estimate of drug-likeness (QED) is 0.636. The summed E-state index contributed by atoms with van der Waals surface area (Å²) in [6.07, 6.45) is 0.406. The molecule has 5 nitrogen and oxygen atoms in total. The van der Waals surface area contributed by atoms with Gasteiger partial charge in [0.05, 0.1) is 4.92 Å². The molecule has 18 heavy (non-hydrogen) atoms. The lowest BCUT2D eigenvalue weighted by Gasteiger charge is -2.09. The van der Waals surface area contributed by atoms with Crippen LogP contribution >= 0.6 is 11.8 Å². The van der Waals surface area contributed by atoms with Gasteiger partial charge in [-0.1, -0.05) is 6.92 Å². The van der Waals surface area contributed by atoms with Gasteiger partial charge in [0.2, 0.25) is 0 Å². The predicted octanol–water partition coefficient (Wildman–Crippen LogP) is 2.83. The van der Waals surface area contributed by atoms with E-state index in [4.69, 9.17) is 5.11 Å². The molecule has 0 bridgehead atoms. The lowest BCUT2D eigenvalue weighted by atomic mass is 10.2. The number of nitrogens with zero attached hydrogens (tertiary/aromatic N) is 1. The Morgan fingerprint density at radius 1 is 1.61 bits per heavy atom. The molecule has 1 rings (SSSR count). The number of aliphatic carboxylic acids is 1. The zero-order chi connectivity index (χ0) is 13.7. The number of rotatable bonds is 6. The van der Waals surface area contributed by atoms with Crippen LogP contribution in [0.4, 0.5) is 10.1 Å². The summed E-state index contributed by atoms with van der Waals surface area (Å²) in [6.45, 7) is 1.71. The van der Waals surface area contributed by atoms with Crippen molar-refractivity contribution in [1.29, 1.82) is 0 Å². The molecule has 0 fully saturated rings. The first kappa shape index (κ1) is 14.4. The Hall–Kier alpha value is -1.63. The first-order valence-corrected chi connectivity index (χ1v) is 6.27. The van der Waals surface area contributed by atoms with E-state index >= 15 is 0 Å². The van der Waals surface area contributed by atoms with E-state index in [-0.39, 0.29) is 17.0 Å². The number of carboxylic acids is 1. The minimum absolute atomic E-state index is 0.0961. The maximum atomic E-state index is 13.0. The largest absolute Gasteiger partial charge is 0.480 e. The number of thioether (sulfide) groups is 1. The Labute approximate surface area is 107 Å². The third-order valence-electron chi connectivity index (χ3n) is 2.32. The number of halogens is 1. The van der Waals surface area contributed by atoms with Crippen LogP contribution in [-0.2, 0) is 10.5 Å². The van der Waals surface area contributed by atoms with Crippen LogP contribution in [0.2, 0.25) is 0 Å². The number of carbonyl (C=O) groups is 1. The Bertz CT molecular complexity index is 466. The Morgan fingerprint density at radius 2 is 2.28 bits per heavy atom. The van der Waals surface area contributed by atoms with Crippen molar-refractivity contribution in [3.05, 3.63) is 39.7 Å². The van der Waals surface area contributed by atoms with Gasteiger partial charge in [-0.05, 0) is 18.6 Å².